The first-order valence-electron chi connectivity index (χ1n) is 5.74. The first-order valence-corrected chi connectivity index (χ1v) is 5.74. The summed E-state index contributed by atoms with van der Waals surface area (Å²) >= 11 is 0. The van der Waals surface area contributed by atoms with E-state index >= 15 is 0 Å². The Morgan fingerprint density at radius 2 is 2.27 bits per heavy atom. The normalized spacial score (nSPS) is 33.2. The van der Waals surface area contributed by atoms with E-state index in [1.54, 1.807) is 0 Å². The van der Waals surface area contributed by atoms with Gasteiger partial charge in [-0.2, -0.15) is 4.98 Å². The zero-order chi connectivity index (χ0) is 10.5. The van der Waals surface area contributed by atoms with Gasteiger partial charge in [-0.05, 0) is 31.2 Å². The molecule has 1 aliphatic carbocycles. The molecule has 2 unspecified atom stereocenters. The molecule has 1 aromatic heterocycles. The quantitative estimate of drug-likeness (QED) is 0.806. The topological polar surface area (TPSA) is 51.0 Å². The van der Waals surface area contributed by atoms with Crippen molar-refractivity contribution >= 4 is 0 Å². The molecule has 1 aromatic rings. The first kappa shape index (κ1) is 9.33. The number of rotatable bonds is 2. The predicted molar refractivity (Wildman–Crippen MR) is 55.4 cm³/mol. The lowest BCUT2D eigenvalue weighted by Crippen LogP contribution is -2.13. The summed E-state index contributed by atoms with van der Waals surface area (Å²) in [6.07, 6.45) is 3.51. The summed E-state index contributed by atoms with van der Waals surface area (Å²) in [7, 11) is 0. The van der Waals surface area contributed by atoms with Crippen LogP contribution in [0.15, 0.2) is 4.52 Å². The van der Waals surface area contributed by atoms with Gasteiger partial charge in [0.05, 0.1) is 6.04 Å². The second-order valence-electron chi connectivity index (χ2n) is 5.39. The van der Waals surface area contributed by atoms with E-state index in [9.17, 15) is 0 Å². The van der Waals surface area contributed by atoms with Crippen LogP contribution in [0.5, 0.6) is 0 Å². The van der Waals surface area contributed by atoms with E-state index in [2.05, 4.69) is 29.3 Å². The third-order valence-corrected chi connectivity index (χ3v) is 3.64. The molecule has 0 radical (unpaired) electrons. The molecular weight excluding hydrogens is 190 g/mol. The Kier molecular flexibility index (Phi) is 1.89. The zero-order valence-electron chi connectivity index (χ0n) is 9.29. The van der Waals surface area contributed by atoms with Crippen molar-refractivity contribution in [1.29, 1.82) is 0 Å². The van der Waals surface area contributed by atoms with Gasteiger partial charge in [0.15, 0.2) is 5.82 Å². The summed E-state index contributed by atoms with van der Waals surface area (Å²) in [4.78, 5) is 4.51. The maximum atomic E-state index is 5.32. The number of aromatic nitrogens is 2. The van der Waals surface area contributed by atoms with Crippen LogP contribution in [0.3, 0.4) is 0 Å². The number of nitrogens with one attached hydrogen (secondary N) is 1. The van der Waals surface area contributed by atoms with Gasteiger partial charge in [0.25, 0.3) is 0 Å². The molecule has 2 aliphatic rings. The largest absolute Gasteiger partial charge is 0.338 e. The molecule has 0 bridgehead atoms. The highest BCUT2D eigenvalue weighted by atomic mass is 16.5. The molecule has 2 heterocycles. The van der Waals surface area contributed by atoms with Crippen molar-refractivity contribution in [1.82, 2.24) is 15.5 Å². The van der Waals surface area contributed by atoms with E-state index in [1.165, 1.54) is 12.8 Å². The lowest BCUT2D eigenvalue weighted by molar-refractivity contribution is 0.340. The molecule has 1 N–H and O–H groups in total. The molecule has 0 spiro atoms. The van der Waals surface area contributed by atoms with Gasteiger partial charge in [0.2, 0.25) is 5.89 Å². The molecule has 2 fully saturated rings. The number of hydrogen-bond donors (Lipinski definition) is 1. The Labute approximate surface area is 89.4 Å². The average Bonchev–Trinajstić information content (AvgIpc) is 2.73. The standard InChI is InChI=1S/C11H17N3O/c1-11(2)6-7(11)9-13-10(15-14-9)8-4-3-5-12-8/h7-8,12H,3-6H2,1-2H3. The highest BCUT2D eigenvalue weighted by molar-refractivity contribution is 5.14. The van der Waals surface area contributed by atoms with Gasteiger partial charge in [-0.25, -0.2) is 0 Å². The van der Waals surface area contributed by atoms with Crippen molar-refractivity contribution in [3.8, 4) is 0 Å². The van der Waals surface area contributed by atoms with Gasteiger partial charge in [0.1, 0.15) is 0 Å². The van der Waals surface area contributed by atoms with Crippen LogP contribution in [0, 0.1) is 5.41 Å². The minimum atomic E-state index is 0.299. The molecule has 3 rings (SSSR count). The second kappa shape index (κ2) is 3.04. The lowest BCUT2D eigenvalue weighted by Gasteiger charge is -2.01. The molecule has 1 saturated carbocycles. The zero-order valence-corrected chi connectivity index (χ0v) is 9.29. The van der Waals surface area contributed by atoms with Crippen LogP contribution in [0.25, 0.3) is 0 Å². The van der Waals surface area contributed by atoms with E-state index < -0.39 is 0 Å². The maximum absolute atomic E-state index is 5.32. The fourth-order valence-electron chi connectivity index (χ4n) is 2.33. The van der Waals surface area contributed by atoms with E-state index in [4.69, 9.17) is 4.52 Å². The van der Waals surface area contributed by atoms with Crippen LogP contribution >= 0.6 is 0 Å². The van der Waals surface area contributed by atoms with Gasteiger partial charge >= 0.3 is 0 Å². The van der Waals surface area contributed by atoms with Gasteiger partial charge in [-0.15, -0.1) is 0 Å². The summed E-state index contributed by atoms with van der Waals surface area (Å²) < 4.78 is 5.32. The molecule has 0 amide bonds. The summed E-state index contributed by atoms with van der Waals surface area (Å²) in [5.74, 6) is 2.20. The van der Waals surface area contributed by atoms with Crippen molar-refractivity contribution in [2.75, 3.05) is 6.54 Å². The van der Waals surface area contributed by atoms with E-state index in [-0.39, 0.29) is 0 Å². The van der Waals surface area contributed by atoms with Crippen LogP contribution in [0.4, 0.5) is 0 Å². The Balaban J connectivity index is 1.76. The molecule has 15 heavy (non-hydrogen) atoms. The highest BCUT2D eigenvalue weighted by Crippen LogP contribution is 2.57. The highest BCUT2D eigenvalue weighted by Gasteiger charge is 2.49. The smallest absolute Gasteiger partial charge is 0.243 e. The molecular formula is C11H17N3O. The monoisotopic (exact) mass is 207 g/mol. The summed E-state index contributed by atoms with van der Waals surface area (Å²) in [5.41, 5.74) is 0.379. The molecule has 4 heteroatoms. The van der Waals surface area contributed by atoms with Crippen molar-refractivity contribution in [3.63, 3.8) is 0 Å². The third kappa shape index (κ3) is 1.57. The lowest BCUT2D eigenvalue weighted by atomic mass is 10.1. The number of nitrogens with zero attached hydrogens (tertiary/aromatic N) is 2. The Morgan fingerprint density at radius 1 is 1.47 bits per heavy atom. The molecule has 2 atom stereocenters. The second-order valence-corrected chi connectivity index (χ2v) is 5.39. The van der Waals surface area contributed by atoms with Gasteiger partial charge in [0, 0.05) is 5.92 Å². The van der Waals surface area contributed by atoms with Crippen molar-refractivity contribution in [3.05, 3.63) is 11.7 Å². The molecule has 82 valence electrons. The van der Waals surface area contributed by atoms with Crippen LogP contribution in [0.2, 0.25) is 0 Å². The van der Waals surface area contributed by atoms with Crippen LogP contribution < -0.4 is 5.32 Å². The van der Waals surface area contributed by atoms with Crippen molar-refractivity contribution in [2.45, 2.75) is 45.1 Å². The van der Waals surface area contributed by atoms with Crippen LogP contribution in [-0.2, 0) is 0 Å². The van der Waals surface area contributed by atoms with E-state index in [0.29, 0.717) is 17.4 Å². The average molecular weight is 207 g/mol. The van der Waals surface area contributed by atoms with E-state index in [0.717, 1.165) is 24.7 Å². The van der Waals surface area contributed by atoms with Crippen molar-refractivity contribution in [2.24, 2.45) is 5.41 Å². The Bertz CT molecular complexity index is 346. The Hall–Kier alpha value is -0.900. The minimum absolute atomic E-state index is 0.299. The Morgan fingerprint density at radius 3 is 2.87 bits per heavy atom. The molecule has 4 nitrogen and oxygen atoms in total. The van der Waals surface area contributed by atoms with Crippen LogP contribution in [0.1, 0.15) is 56.8 Å². The molecule has 1 saturated heterocycles. The number of hydrogen-bond acceptors (Lipinski definition) is 4. The SMILES string of the molecule is CC1(C)CC1c1noc(C2CCCN2)n1. The van der Waals surface area contributed by atoms with E-state index in [1.807, 2.05) is 0 Å². The molecule has 0 aromatic carbocycles. The predicted octanol–water partition coefficient (Wildman–Crippen LogP) is 2.01. The summed E-state index contributed by atoms with van der Waals surface area (Å²) in [6.45, 7) is 5.57. The first-order chi connectivity index (χ1) is 7.17. The summed E-state index contributed by atoms with van der Waals surface area (Å²) in [5, 5.41) is 7.46. The third-order valence-electron chi connectivity index (χ3n) is 3.64. The fourth-order valence-corrected chi connectivity index (χ4v) is 2.33. The van der Waals surface area contributed by atoms with Gasteiger partial charge < -0.3 is 9.84 Å². The van der Waals surface area contributed by atoms with Crippen LogP contribution in [-0.4, -0.2) is 16.7 Å². The van der Waals surface area contributed by atoms with Gasteiger partial charge in [-0.1, -0.05) is 19.0 Å². The summed E-state index contributed by atoms with van der Waals surface area (Å²) in [6, 6.07) is 0.299. The van der Waals surface area contributed by atoms with Crippen molar-refractivity contribution < 1.29 is 4.52 Å². The molecule has 1 aliphatic heterocycles. The minimum Gasteiger partial charge on any atom is -0.338 e. The maximum Gasteiger partial charge on any atom is 0.243 e. The fraction of sp³-hybridized carbons (Fsp3) is 0.818. The van der Waals surface area contributed by atoms with Gasteiger partial charge in [-0.3, -0.25) is 0 Å².